The normalized spacial score (nSPS) is 25.2. The molecule has 1 saturated carbocycles. The summed E-state index contributed by atoms with van der Waals surface area (Å²) >= 11 is 0. The molecule has 1 unspecified atom stereocenters. The van der Waals surface area contributed by atoms with Crippen LogP contribution in [0.5, 0.6) is 0 Å². The Morgan fingerprint density at radius 3 is 2.74 bits per heavy atom. The van der Waals surface area contributed by atoms with Crippen LogP contribution in [0.1, 0.15) is 25.7 Å². The third-order valence-electron chi connectivity index (χ3n) is 3.62. The Morgan fingerprint density at radius 1 is 1.37 bits per heavy atom. The summed E-state index contributed by atoms with van der Waals surface area (Å²) in [5.41, 5.74) is 0. The Labute approximate surface area is 114 Å². The molecule has 1 aliphatic carbocycles. The standard InChI is InChI=1S/C12H22N2O4S/c1-18-7-8-19(16,17)14-6-2-3-10(9-14)12(15)13-11-4-5-11/h10-11H,2-9H2,1H3,(H,13,15). The van der Waals surface area contributed by atoms with Crippen molar-refractivity contribution >= 4 is 15.9 Å². The molecule has 6 nitrogen and oxygen atoms in total. The first-order valence-electron chi connectivity index (χ1n) is 6.80. The predicted molar refractivity (Wildman–Crippen MR) is 71.1 cm³/mol. The van der Waals surface area contributed by atoms with Crippen molar-refractivity contribution in [2.75, 3.05) is 32.6 Å². The highest BCUT2D eigenvalue weighted by atomic mass is 32.2. The highest BCUT2D eigenvalue weighted by Gasteiger charge is 2.34. The van der Waals surface area contributed by atoms with Gasteiger partial charge in [-0.2, -0.15) is 0 Å². The van der Waals surface area contributed by atoms with Gasteiger partial charge in [-0.05, 0) is 25.7 Å². The third-order valence-corrected chi connectivity index (χ3v) is 5.42. The minimum absolute atomic E-state index is 0.00846. The number of amides is 1. The topological polar surface area (TPSA) is 75.7 Å². The van der Waals surface area contributed by atoms with Crippen LogP contribution in [-0.4, -0.2) is 57.2 Å². The lowest BCUT2D eigenvalue weighted by molar-refractivity contribution is -0.126. The Hall–Kier alpha value is -0.660. The lowest BCUT2D eigenvalue weighted by Gasteiger charge is -2.31. The number of carbonyl (C=O) groups excluding carboxylic acids is 1. The molecule has 2 aliphatic rings. The lowest BCUT2D eigenvalue weighted by atomic mass is 9.99. The fourth-order valence-corrected chi connectivity index (χ4v) is 3.72. The van der Waals surface area contributed by atoms with Crippen LogP contribution in [0.3, 0.4) is 0 Å². The molecule has 2 fully saturated rings. The molecule has 110 valence electrons. The molecule has 2 rings (SSSR count). The van der Waals surface area contributed by atoms with E-state index in [0.29, 0.717) is 19.1 Å². The van der Waals surface area contributed by atoms with E-state index in [2.05, 4.69) is 5.32 Å². The molecule has 1 heterocycles. The second-order valence-corrected chi connectivity index (χ2v) is 7.38. The number of hydrogen-bond donors (Lipinski definition) is 1. The van der Waals surface area contributed by atoms with E-state index in [0.717, 1.165) is 25.7 Å². The van der Waals surface area contributed by atoms with Gasteiger partial charge in [-0.25, -0.2) is 12.7 Å². The molecule has 0 spiro atoms. The summed E-state index contributed by atoms with van der Waals surface area (Å²) in [6.45, 7) is 1.02. The van der Waals surface area contributed by atoms with Gasteiger partial charge in [-0.15, -0.1) is 0 Å². The molecule has 7 heteroatoms. The van der Waals surface area contributed by atoms with E-state index in [1.807, 2.05) is 0 Å². The van der Waals surface area contributed by atoms with Crippen molar-refractivity contribution in [3.63, 3.8) is 0 Å². The Morgan fingerprint density at radius 2 is 2.11 bits per heavy atom. The number of hydrogen-bond acceptors (Lipinski definition) is 4. The van der Waals surface area contributed by atoms with Crippen molar-refractivity contribution in [1.82, 2.24) is 9.62 Å². The maximum atomic E-state index is 12.1. The minimum atomic E-state index is -3.30. The molecule has 0 aromatic heterocycles. The molecule has 0 aromatic rings. The average Bonchev–Trinajstić information content (AvgIpc) is 3.20. The van der Waals surface area contributed by atoms with E-state index in [1.165, 1.54) is 11.4 Å². The highest BCUT2D eigenvalue weighted by Crippen LogP contribution is 2.23. The molecule has 1 atom stereocenters. The summed E-state index contributed by atoms with van der Waals surface area (Å²) in [7, 11) is -1.81. The SMILES string of the molecule is COCCS(=O)(=O)N1CCCC(C(=O)NC2CC2)C1. The molecule has 19 heavy (non-hydrogen) atoms. The van der Waals surface area contributed by atoms with Crippen molar-refractivity contribution in [2.45, 2.75) is 31.7 Å². The van der Waals surface area contributed by atoms with Gasteiger partial charge in [0.05, 0.1) is 18.3 Å². The molecule has 1 aliphatic heterocycles. The Bertz CT molecular complexity index is 419. The first kappa shape index (κ1) is 14.7. The molecule has 0 radical (unpaired) electrons. The van der Waals surface area contributed by atoms with Crippen LogP contribution in [0.4, 0.5) is 0 Å². The number of rotatable bonds is 6. The maximum absolute atomic E-state index is 12.1. The summed E-state index contributed by atoms with van der Waals surface area (Å²) in [5, 5.41) is 2.95. The van der Waals surface area contributed by atoms with Crippen LogP contribution in [0.25, 0.3) is 0 Å². The first-order chi connectivity index (χ1) is 9.03. The predicted octanol–water partition coefficient (Wildman–Crippen LogP) is -0.0468. The van der Waals surface area contributed by atoms with Gasteiger partial charge in [-0.1, -0.05) is 0 Å². The Balaban J connectivity index is 1.90. The molecule has 0 bridgehead atoms. The van der Waals surface area contributed by atoms with Gasteiger partial charge in [0.15, 0.2) is 0 Å². The van der Waals surface area contributed by atoms with Gasteiger partial charge in [-0.3, -0.25) is 4.79 Å². The monoisotopic (exact) mass is 290 g/mol. The lowest BCUT2D eigenvalue weighted by Crippen LogP contribution is -2.46. The zero-order valence-electron chi connectivity index (χ0n) is 11.3. The van der Waals surface area contributed by atoms with Crippen molar-refractivity contribution < 1.29 is 17.9 Å². The van der Waals surface area contributed by atoms with Crippen molar-refractivity contribution in [1.29, 1.82) is 0 Å². The van der Waals surface area contributed by atoms with Crippen LogP contribution in [0.15, 0.2) is 0 Å². The average molecular weight is 290 g/mol. The van der Waals surface area contributed by atoms with Gasteiger partial charge in [0.2, 0.25) is 15.9 Å². The Kier molecular flexibility index (Phi) is 4.81. The second kappa shape index (κ2) is 6.19. The maximum Gasteiger partial charge on any atom is 0.224 e. The molecule has 0 aromatic carbocycles. The van der Waals surface area contributed by atoms with Crippen LogP contribution in [0.2, 0.25) is 0 Å². The molecule has 1 N–H and O–H groups in total. The number of methoxy groups -OCH3 is 1. The summed E-state index contributed by atoms with van der Waals surface area (Å²) in [6, 6.07) is 0.327. The fraction of sp³-hybridized carbons (Fsp3) is 0.917. The van der Waals surface area contributed by atoms with Crippen molar-refractivity contribution in [3.05, 3.63) is 0 Å². The van der Waals surface area contributed by atoms with E-state index in [4.69, 9.17) is 4.74 Å². The number of nitrogens with one attached hydrogen (secondary N) is 1. The van der Waals surface area contributed by atoms with Gasteiger partial charge in [0, 0.05) is 26.2 Å². The second-order valence-electron chi connectivity index (χ2n) is 5.29. The van der Waals surface area contributed by atoms with E-state index in [-0.39, 0.29) is 24.2 Å². The number of piperidine rings is 1. The largest absolute Gasteiger partial charge is 0.384 e. The summed E-state index contributed by atoms with van der Waals surface area (Å²) < 4.78 is 30.4. The van der Waals surface area contributed by atoms with Crippen LogP contribution in [0, 0.1) is 5.92 Å². The van der Waals surface area contributed by atoms with E-state index < -0.39 is 10.0 Å². The van der Waals surface area contributed by atoms with E-state index in [1.54, 1.807) is 0 Å². The summed E-state index contributed by atoms with van der Waals surface area (Å²) in [6.07, 6.45) is 3.62. The van der Waals surface area contributed by atoms with Crippen LogP contribution in [-0.2, 0) is 19.6 Å². The van der Waals surface area contributed by atoms with Crippen molar-refractivity contribution in [3.8, 4) is 0 Å². The van der Waals surface area contributed by atoms with Crippen LogP contribution < -0.4 is 5.32 Å². The minimum Gasteiger partial charge on any atom is -0.384 e. The van der Waals surface area contributed by atoms with E-state index in [9.17, 15) is 13.2 Å². The van der Waals surface area contributed by atoms with Gasteiger partial charge in [0.1, 0.15) is 0 Å². The smallest absolute Gasteiger partial charge is 0.224 e. The molecule has 1 saturated heterocycles. The first-order valence-corrected chi connectivity index (χ1v) is 8.41. The number of nitrogens with zero attached hydrogens (tertiary/aromatic N) is 1. The quantitative estimate of drug-likeness (QED) is 0.744. The van der Waals surface area contributed by atoms with Gasteiger partial charge >= 0.3 is 0 Å². The third kappa shape index (κ3) is 4.15. The molecular weight excluding hydrogens is 268 g/mol. The highest BCUT2D eigenvalue weighted by molar-refractivity contribution is 7.89. The zero-order chi connectivity index (χ0) is 13.9. The van der Waals surface area contributed by atoms with Crippen LogP contribution >= 0.6 is 0 Å². The number of sulfonamides is 1. The van der Waals surface area contributed by atoms with Gasteiger partial charge < -0.3 is 10.1 Å². The number of ether oxygens (including phenoxy) is 1. The van der Waals surface area contributed by atoms with E-state index >= 15 is 0 Å². The molecule has 1 amide bonds. The van der Waals surface area contributed by atoms with Crippen molar-refractivity contribution in [2.24, 2.45) is 5.92 Å². The molecular formula is C12H22N2O4S. The summed E-state index contributed by atoms with van der Waals surface area (Å²) in [5.74, 6) is -0.207. The fourth-order valence-electron chi connectivity index (χ4n) is 2.27. The summed E-state index contributed by atoms with van der Waals surface area (Å²) in [4.78, 5) is 12.0. The zero-order valence-corrected chi connectivity index (χ0v) is 12.1. The van der Waals surface area contributed by atoms with Gasteiger partial charge in [0.25, 0.3) is 0 Å². The number of carbonyl (C=O) groups is 1.